The van der Waals surface area contributed by atoms with Crippen molar-refractivity contribution < 1.29 is 13.2 Å². The van der Waals surface area contributed by atoms with Crippen LogP contribution in [0, 0.1) is 24.4 Å². The fourth-order valence-electron chi connectivity index (χ4n) is 2.20. The van der Waals surface area contributed by atoms with Gasteiger partial charge in [0.2, 0.25) is 5.95 Å². The van der Waals surface area contributed by atoms with E-state index in [-0.39, 0.29) is 22.2 Å². The normalized spacial score (nSPS) is 11.3. The van der Waals surface area contributed by atoms with Gasteiger partial charge in [0, 0.05) is 12.1 Å². The number of fused-ring (bicyclic) bond motifs is 1. The number of rotatable bonds is 1. The summed E-state index contributed by atoms with van der Waals surface area (Å²) in [6, 6.07) is 4.35. The molecule has 3 nitrogen and oxygen atoms in total. The minimum Gasteiger partial charge on any atom is -0.369 e. The number of nitrogens with zero attached hydrogens (tertiary/aromatic N) is 2. The summed E-state index contributed by atoms with van der Waals surface area (Å²) in [4.78, 5) is 3.98. The number of nitrogens with two attached hydrogens (primary N) is 1. The SMILES string of the molecule is Cc1cc2c(cc1F)nc(N)n2-c1c(F)cc(F)cc1Cl. The molecule has 3 rings (SSSR count). The van der Waals surface area contributed by atoms with Crippen molar-refractivity contribution in [1.29, 1.82) is 0 Å². The molecule has 0 unspecified atom stereocenters. The van der Waals surface area contributed by atoms with E-state index >= 15 is 0 Å². The fourth-order valence-corrected chi connectivity index (χ4v) is 2.48. The van der Waals surface area contributed by atoms with E-state index in [0.717, 1.165) is 6.07 Å². The van der Waals surface area contributed by atoms with Gasteiger partial charge >= 0.3 is 0 Å². The van der Waals surface area contributed by atoms with Crippen molar-refractivity contribution in [2.75, 3.05) is 5.73 Å². The van der Waals surface area contributed by atoms with Crippen molar-refractivity contribution in [1.82, 2.24) is 9.55 Å². The molecule has 1 aromatic heterocycles. The highest BCUT2D eigenvalue weighted by Crippen LogP contribution is 2.31. The molecule has 0 atom stereocenters. The number of anilines is 1. The van der Waals surface area contributed by atoms with Crippen molar-refractivity contribution in [2.45, 2.75) is 6.92 Å². The largest absolute Gasteiger partial charge is 0.369 e. The van der Waals surface area contributed by atoms with Crippen LogP contribution in [0.4, 0.5) is 19.1 Å². The first-order valence-electron chi connectivity index (χ1n) is 5.97. The minimum absolute atomic E-state index is 0.0672. The molecule has 0 saturated heterocycles. The summed E-state index contributed by atoms with van der Waals surface area (Å²) in [6.07, 6.45) is 0. The average molecular weight is 312 g/mol. The van der Waals surface area contributed by atoms with Gasteiger partial charge in [-0.05, 0) is 24.6 Å². The number of nitrogen functional groups attached to an aromatic ring is 1. The zero-order chi connectivity index (χ0) is 15.3. The van der Waals surface area contributed by atoms with E-state index in [1.165, 1.54) is 16.7 Å². The van der Waals surface area contributed by atoms with Gasteiger partial charge < -0.3 is 5.73 Å². The van der Waals surface area contributed by atoms with Crippen LogP contribution >= 0.6 is 11.6 Å². The van der Waals surface area contributed by atoms with Crippen LogP contribution in [-0.2, 0) is 0 Å². The molecule has 1 heterocycles. The summed E-state index contributed by atoms with van der Waals surface area (Å²) in [6.45, 7) is 1.56. The minimum atomic E-state index is -0.882. The fraction of sp³-hybridized carbons (Fsp3) is 0.0714. The van der Waals surface area contributed by atoms with Crippen LogP contribution in [0.2, 0.25) is 5.02 Å². The summed E-state index contributed by atoms with van der Waals surface area (Å²) < 4.78 is 42.0. The highest BCUT2D eigenvalue weighted by atomic mass is 35.5. The average Bonchev–Trinajstić information content (AvgIpc) is 2.66. The predicted octanol–water partition coefficient (Wildman–Crippen LogP) is 3.99. The second kappa shape index (κ2) is 4.66. The van der Waals surface area contributed by atoms with Crippen molar-refractivity contribution >= 4 is 28.6 Å². The van der Waals surface area contributed by atoms with Gasteiger partial charge in [-0.2, -0.15) is 0 Å². The standard InChI is InChI=1S/C14H9ClF3N3/c1-6-2-12-11(5-9(6)17)20-14(19)21(12)13-8(15)3-7(16)4-10(13)18/h2-5H,1H3,(H2,19,20). The summed E-state index contributed by atoms with van der Waals surface area (Å²) in [5.74, 6) is -2.19. The van der Waals surface area contributed by atoms with Crippen LogP contribution in [0.25, 0.3) is 16.7 Å². The Morgan fingerprint density at radius 1 is 1.10 bits per heavy atom. The molecule has 0 amide bonds. The number of hydrogen-bond acceptors (Lipinski definition) is 2. The first kappa shape index (κ1) is 13.8. The van der Waals surface area contributed by atoms with Crippen LogP contribution in [0.15, 0.2) is 24.3 Å². The van der Waals surface area contributed by atoms with Crippen molar-refractivity contribution in [2.24, 2.45) is 0 Å². The lowest BCUT2D eigenvalue weighted by Crippen LogP contribution is -2.04. The maximum Gasteiger partial charge on any atom is 0.206 e. The molecule has 0 radical (unpaired) electrons. The van der Waals surface area contributed by atoms with Crippen molar-refractivity contribution in [3.05, 3.63) is 52.3 Å². The molecule has 0 spiro atoms. The number of aryl methyl sites for hydroxylation is 1. The molecule has 0 aliphatic heterocycles. The van der Waals surface area contributed by atoms with Crippen LogP contribution < -0.4 is 5.73 Å². The lowest BCUT2D eigenvalue weighted by molar-refractivity contribution is 0.579. The van der Waals surface area contributed by atoms with Crippen LogP contribution in [0.1, 0.15) is 5.56 Å². The monoisotopic (exact) mass is 311 g/mol. The van der Waals surface area contributed by atoms with E-state index < -0.39 is 17.5 Å². The highest BCUT2D eigenvalue weighted by molar-refractivity contribution is 6.32. The molecule has 0 bridgehead atoms. The maximum absolute atomic E-state index is 14.1. The Morgan fingerprint density at radius 2 is 1.81 bits per heavy atom. The van der Waals surface area contributed by atoms with E-state index in [9.17, 15) is 13.2 Å². The van der Waals surface area contributed by atoms with E-state index in [1.54, 1.807) is 6.92 Å². The Labute approximate surface area is 122 Å². The van der Waals surface area contributed by atoms with Gasteiger partial charge in [-0.1, -0.05) is 11.6 Å². The zero-order valence-electron chi connectivity index (χ0n) is 10.8. The molecular formula is C14H9ClF3N3. The molecule has 0 aliphatic carbocycles. The third kappa shape index (κ3) is 2.12. The Balaban J connectivity index is 2.41. The molecule has 21 heavy (non-hydrogen) atoms. The summed E-state index contributed by atoms with van der Waals surface area (Å²) in [5, 5.41) is -0.152. The van der Waals surface area contributed by atoms with Gasteiger partial charge in [0.05, 0.1) is 16.1 Å². The topological polar surface area (TPSA) is 43.8 Å². The molecule has 0 fully saturated rings. The second-order valence-electron chi connectivity index (χ2n) is 4.61. The van der Waals surface area contributed by atoms with Crippen molar-refractivity contribution in [3.63, 3.8) is 0 Å². The van der Waals surface area contributed by atoms with Gasteiger partial charge in [0.15, 0.2) is 5.82 Å². The van der Waals surface area contributed by atoms with E-state index in [1.807, 2.05) is 0 Å². The van der Waals surface area contributed by atoms with Gasteiger partial charge in [0.1, 0.15) is 17.3 Å². The lowest BCUT2D eigenvalue weighted by atomic mass is 10.2. The quantitative estimate of drug-likeness (QED) is 0.738. The lowest BCUT2D eigenvalue weighted by Gasteiger charge is -2.10. The Bertz CT molecular complexity index is 851. The molecule has 2 aromatic carbocycles. The number of hydrogen-bond donors (Lipinski definition) is 1. The molecule has 7 heteroatoms. The number of benzene rings is 2. The summed E-state index contributed by atoms with van der Waals surface area (Å²) >= 11 is 5.91. The molecule has 3 aromatic rings. The summed E-state index contributed by atoms with van der Waals surface area (Å²) in [7, 11) is 0. The molecule has 0 aliphatic rings. The highest BCUT2D eigenvalue weighted by Gasteiger charge is 2.19. The smallest absolute Gasteiger partial charge is 0.206 e. The third-order valence-electron chi connectivity index (χ3n) is 3.17. The summed E-state index contributed by atoms with van der Waals surface area (Å²) in [5.41, 5.74) is 6.65. The number of halogens is 4. The Hall–Kier alpha value is -2.21. The maximum atomic E-state index is 14.1. The molecular weight excluding hydrogens is 303 g/mol. The van der Waals surface area contributed by atoms with Crippen molar-refractivity contribution in [3.8, 4) is 5.69 Å². The second-order valence-corrected chi connectivity index (χ2v) is 5.02. The molecule has 108 valence electrons. The first-order chi connectivity index (χ1) is 9.88. The van der Waals surface area contributed by atoms with Gasteiger partial charge in [-0.25, -0.2) is 18.2 Å². The van der Waals surface area contributed by atoms with E-state index in [2.05, 4.69) is 4.98 Å². The van der Waals surface area contributed by atoms with Gasteiger partial charge in [0.25, 0.3) is 0 Å². The molecule has 2 N–H and O–H groups in total. The van der Waals surface area contributed by atoms with Crippen LogP contribution in [0.5, 0.6) is 0 Å². The molecule has 0 saturated carbocycles. The predicted molar refractivity (Wildman–Crippen MR) is 75.1 cm³/mol. The van der Waals surface area contributed by atoms with E-state index in [4.69, 9.17) is 17.3 Å². The number of imidazole rings is 1. The first-order valence-corrected chi connectivity index (χ1v) is 6.35. The van der Waals surface area contributed by atoms with E-state index in [0.29, 0.717) is 17.1 Å². The Morgan fingerprint density at radius 3 is 2.48 bits per heavy atom. The van der Waals surface area contributed by atoms with Gasteiger partial charge in [-0.3, -0.25) is 4.57 Å². The zero-order valence-corrected chi connectivity index (χ0v) is 11.5. The number of aromatic nitrogens is 2. The van der Waals surface area contributed by atoms with Crippen LogP contribution in [-0.4, -0.2) is 9.55 Å². The van der Waals surface area contributed by atoms with Crippen LogP contribution in [0.3, 0.4) is 0 Å². The Kier molecular flexibility index (Phi) is 3.06. The van der Waals surface area contributed by atoms with Gasteiger partial charge in [-0.15, -0.1) is 0 Å². The third-order valence-corrected chi connectivity index (χ3v) is 3.45.